The molecule has 3 N–H and O–H groups in total. The number of rotatable bonds is 5. The Balaban J connectivity index is 0.00000243. The quantitative estimate of drug-likeness (QED) is 0.342. The van der Waals surface area contributed by atoms with Crippen LogP contribution in [0.3, 0.4) is 0 Å². The zero-order chi connectivity index (χ0) is 17.6. The SMILES string of the molecule is COc1ccc(NC(N)=NCc2ccn(-c3ccc(F)cc3)n2)cc1.I. The molecule has 0 atom stereocenters. The molecule has 0 fully saturated rings. The van der Waals surface area contributed by atoms with E-state index in [1.165, 1.54) is 12.1 Å². The van der Waals surface area contributed by atoms with Gasteiger partial charge in [0.05, 0.1) is 25.0 Å². The Morgan fingerprint density at radius 1 is 1.15 bits per heavy atom. The number of nitrogens with zero attached hydrogens (tertiary/aromatic N) is 3. The number of methoxy groups -OCH3 is 1. The van der Waals surface area contributed by atoms with Gasteiger partial charge in [0.25, 0.3) is 0 Å². The van der Waals surface area contributed by atoms with Crippen molar-refractivity contribution in [3.63, 3.8) is 0 Å². The highest BCUT2D eigenvalue weighted by molar-refractivity contribution is 14.0. The van der Waals surface area contributed by atoms with Crippen molar-refractivity contribution >= 4 is 35.6 Å². The number of nitrogens with one attached hydrogen (secondary N) is 1. The second kappa shape index (κ2) is 9.18. The third-order valence-corrected chi connectivity index (χ3v) is 3.51. The van der Waals surface area contributed by atoms with Gasteiger partial charge in [-0.3, -0.25) is 0 Å². The van der Waals surface area contributed by atoms with Crippen LogP contribution in [0.4, 0.5) is 10.1 Å². The number of hydrogen-bond acceptors (Lipinski definition) is 3. The van der Waals surface area contributed by atoms with Crippen LogP contribution in [-0.2, 0) is 6.54 Å². The fourth-order valence-electron chi connectivity index (χ4n) is 2.21. The Kier molecular flexibility index (Phi) is 6.96. The third kappa shape index (κ3) is 5.19. The Morgan fingerprint density at radius 2 is 1.85 bits per heavy atom. The average Bonchev–Trinajstić information content (AvgIpc) is 3.10. The molecule has 0 radical (unpaired) electrons. The van der Waals surface area contributed by atoms with Gasteiger partial charge < -0.3 is 15.8 Å². The molecule has 0 aliphatic carbocycles. The lowest BCUT2D eigenvalue weighted by Gasteiger charge is -2.06. The molecule has 1 aromatic heterocycles. The fraction of sp³-hybridized carbons (Fsp3) is 0.111. The smallest absolute Gasteiger partial charge is 0.193 e. The fourth-order valence-corrected chi connectivity index (χ4v) is 2.21. The number of benzene rings is 2. The van der Waals surface area contributed by atoms with E-state index in [2.05, 4.69) is 15.4 Å². The summed E-state index contributed by atoms with van der Waals surface area (Å²) in [6.07, 6.45) is 1.80. The summed E-state index contributed by atoms with van der Waals surface area (Å²) in [5.74, 6) is 0.784. The second-order valence-corrected chi connectivity index (χ2v) is 5.28. The van der Waals surface area contributed by atoms with Crippen molar-refractivity contribution in [3.05, 3.63) is 72.3 Å². The van der Waals surface area contributed by atoms with Crippen LogP contribution < -0.4 is 15.8 Å². The van der Waals surface area contributed by atoms with E-state index in [1.54, 1.807) is 30.1 Å². The Bertz CT molecular complexity index is 862. The molecule has 6 nitrogen and oxygen atoms in total. The Hall–Kier alpha value is -2.62. The van der Waals surface area contributed by atoms with Crippen molar-refractivity contribution in [2.75, 3.05) is 12.4 Å². The van der Waals surface area contributed by atoms with E-state index in [9.17, 15) is 4.39 Å². The van der Waals surface area contributed by atoms with E-state index >= 15 is 0 Å². The van der Waals surface area contributed by atoms with Crippen molar-refractivity contribution in [2.24, 2.45) is 10.7 Å². The maximum Gasteiger partial charge on any atom is 0.193 e. The molecule has 0 saturated heterocycles. The number of aromatic nitrogens is 2. The molecule has 1 heterocycles. The highest BCUT2D eigenvalue weighted by atomic mass is 127. The highest BCUT2D eigenvalue weighted by Crippen LogP contribution is 2.14. The maximum atomic E-state index is 13.0. The third-order valence-electron chi connectivity index (χ3n) is 3.51. The first-order valence-corrected chi connectivity index (χ1v) is 7.65. The van der Waals surface area contributed by atoms with E-state index < -0.39 is 0 Å². The van der Waals surface area contributed by atoms with Gasteiger partial charge in [-0.15, -0.1) is 24.0 Å². The molecule has 0 bridgehead atoms. The molecule has 0 aliphatic heterocycles. The van der Waals surface area contributed by atoms with Crippen LogP contribution in [0.5, 0.6) is 5.75 Å². The minimum atomic E-state index is -0.280. The summed E-state index contributed by atoms with van der Waals surface area (Å²) >= 11 is 0. The number of nitrogens with two attached hydrogens (primary N) is 1. The molecule has 0 spiro atoms. The summed E-state index contributed by atoms with van der Waals surface area (Å²) in [7, 11) is 1.61. The van der Waals surface area contributed by atoms with Gasteiger partial charge in [0.15, 0.2) is 5.96 Å². The largest absolute Gasteiger partial charge is 0.497 e. The van der Waals surface area contributed by atoms with Gasteiger partial charge in [-0.1, -0.05) is 0 Å². The van der Waals surface area contributed by atoms with Gasteiger partial charge in [0, 0.05) is 11.9 Å². The van der Waals surface area contributed by atoms with E-state index in [0.717, 1.165) is 22.8 Å². The highest BCUT2D eigenvalue weighted by Gasteiger charge is 2.02. The van der Waals surface area contributed by atoms with Crippen LogP contribution in [0.25, 0.3) is 5.69 Å². The molecular formula is C18H19FIN5O. The van der Waals surface area contributed by atoms with Crippen molar-refractivity contribution in [3.8, 4) is 11.4 Å². The van der Waals surface area contributed by atoms with Crippen molar-refractivity contribution in [1.29, 1.82) is 0 Å². The molecule has 8 heteroatoms. The summed E-state index contributed by atoms with van der Waals surface area (Å²) in [6, 6.07) is 15.3. The predicted molar refractivity (Wildman–Crippen MR) is 111 cm³/mol. The number of hydrogen-bond donors (Lipinski definition) is 2. The van der Waals surface area contributed by atoms with Gasteiger partial charge in [-0.25, -0.2) is 14.1 Å². The molecular weight excluding hydrogens is 448 g/mol. The minimum Gasteiger partial charge on any atom is -0.497 e. The number of anilines is 1. The zero-order valence-electron chi connectivity index (χ0n) is 14.1. The number of aliphatic imine (C=N–C) groups is 1. The normalized spacial score (nSPS) is 10.9. The summed E-state index contributed by atoms with van der Waals surface area (Å²) in [4.78, 5) is 4.27. The average molecular weight is 467 g/mol. The Morgan fingerprint density at radius 3 is 2.50 bits per heavy atom. The van der Waals surface area contributed by atoms with Gasteiger partial charge in [0.2, 0.25) is 0 Å². The van der Waals surface area contributed by atoms with Crippen LogP contribution in [0.15, 0.2) is 65.8 Å². The lowest BCUT2D eigenvalue weighted by Crippen LogP contribution is -2.22. The van der Waals surface area contributed by atoms with Crippen molar-refractivity contribution < 1.29 is 9.13 Å². The van der Waals surface area contributed by atoms with E-state index in [1.807, 2.05) is 30.3 Å². The number of ether oxygens (including phenoxy) is 1. The summed E-state index contributed by atoms with van der Waals surface area (Å²) < 4.78 is 19.7. The van der Waals surface area contributed by atoms with Gasteiger partial charge in [0.1, 0.15) is 11.6 Å². The second-order valence-electron chi connectivity index (χ2n) is 5.28. The van der Waals surface area contributed by atoms with Crippen molar-refractivity contribution in [2.45, 2.75) is 6.54 Å². The monoisotopic (exact) mass is 467 g/mol. The van der Waals surface area contributed by atoms with Crippen LogP contribution in [-0.4, -0.2) is 22.8 Å². The van der Waals surface area contributed by atoms with Crippen LogP contribution in [0.2, 0.25) is 0 Å². The topological polar surface area (TPSA) is 77.5 Å². The molecule has 2 aromatic carbocycles. The molecule has 3 aromatic rings. The molecule has 26 heavy (non-hydrogen) atoms. The van der Waals surface area contributed by atoms with E-state index in [-0.39, 0.29) is 29.8 Å². The summed E-state index contributed by atoms with van der Waals surface area (Å²) in [5.41, 5.74) is 8.24. The van der Waals surface area contributed by atoms with E-state index in [4.69, 9.17) is 10.5 Å². The van der Waals surface area contributed by atoms with Crippen molar-refractivity contribution in [1.82, 2.24) is 9.78 Å². The van der Waals surface area contributed by atoms with Gasteiger partial charge in [-0.05, 0) is 54.6 Å². The predicted octanol–water partition coefficient (Wildman–Crippen LogP) is 3.56. The van der Waals surface area contributed by atoms with Gasteiger partial charge in [-0.2, -0.15) is 5.10 Å². The lowest BCUT2D eigenvalue weighted by atomic mass is 10.3. The molecule has 0 saturated carbocycles. The molecule has 0 unspecified atom stereocenters. The van der Waals surface area contributed by atoms with Gasteiger partial charge >= 0.3 is 0 Å². The zero-order valence-corrected chi connectivity index (χ0v) is 16.4. The molecule has 3 rings (SSSR count). The molecule has 0 aliphatic rings. The maximum absolute atomic E-state index is 13.0. The number of halogens is 2. The first kappa shape index (κ1) is 19.7. The summed E-state index contributed by atoms with van der Waals surface area (Å²) in [5, 5.41) is 7.40. The molecule has 136 valence electrons. The lowest BCUT2D eigenvalue weighted by molar-refractivity contribution is 0.415. The summed E-state index contributed by atoms with van der Waals surface area (Å²) in [6.45, 7) is 0.336. The number of guanidine groups is 1. The van der Waals surface area contributed by atoms with Crippen LogP contribution in [0.1, 0.15) is 5.69 Å². The Labute approximate surface area is 167 Å². The first-order valence-electron chi connectivity index (χ1n) is 7.65. The van der Waals surface area contributed by atoms with Crippen LogP contribution >= 0.6 is 24.0 Å². The van der Waals surface area contributed by atoms with Crippen LogP contribution in [0, 0.1) is 5.82 Å². The van der Waals surface area contributed by atoms with E-state index in [0.29, 0.717) is 12.5 Å². The first-order chi connectivity index (χ1) is 12.1. The minimum absolute atomic E-state index is 0. The standard InChI is InChI=1S/C18H18FN5O.HI/c1-25-17-8-4-14(5-9-17)22-18(20)21-12-15-10-11-24(23-15)16-6-2-13(19)3-7-16;/h2-11H,12H2,1H3,(H3,20,21,22);1H. The molecule has 0 amide bonds.